The van der Waals surface area contributed by atoms with Crippen LogP contribution in [-0.2, 0) is 9.59 Å². The molecule has 18 heavy (non-hydrogen) atoms. The number of hydrogen-bond acceptors (Lipinski definition) is 2. The maximum absolute atomic E-state index is 12.4. The van der Waals surface area contributed by atoms with Crippen LogP contribution in [0.25, 0.3) is 0 Å². The molecule has 102 valence electrons. The summed E-state index contributed by atoms with van der Waals surface area (Å²) in [6, 6.07) is 0. The lowest BCUT2D eigenvalue weighted by molar-refractivity contribution is -0.149. The van der Waals surface area contributed by atoms with Gasteiger partial charge in [-0.25, -0.2) is 0 Å². The van der Waals surface area contributed by atoms with Crippen molar-refractivity contribution in [2.45, 2.75) is 51.4 Å². The van der Waals surface area contributed by atoms with Gasteiger partial charge < -0.3 is 10.0 Å². The number of likely N-dealkylation sites (tertiary alicyclic amines) is 1. The molecule has 0 spiro atoms. The second kappa shape index (κ2) is 6.21. The van der Waals surface area contributed by atoms with Crippen molar-refractivity contribution >= 4 is 11.9 Å². The Hall–Kier alpha value is -1.06. The Morgan fingerprint density at radius 3 is 2.00 bits per heavy atom. The van der Waals surface area contributed by atoms with E-state index in [1.54, 1.807) is 0 Å². The van der Waals surface area contributed by atoms with E-state index in [0.717, 1.165) is 38.8 Å². The highest BCUT2D eigenvalue weighted by Crippen LogP contribution is 2.33. The Labute approximate surface area is 108 Å². The average Bonchev–Trinajstić information content (AvgIpc) is 2.76. The molecule has 1 saturated carbocycles. The molecule has 4 nitrogen and oxygen atoms in total. The third-order valence-corrected chi connectivity index (χ3v) is 4.32. The molecule has 1 saturated heterocycles. The summed E-state index contributed by atoms with van der Waals surface area (Å²) >= 11 is 0. The van der Waals surface area contributed by atoms with Gasteiger partial charge >= 0.3 is 5.97 Å². The van der Waals surface area contributed by atoms with Crippen LogP contribution >= 0.6 is 0 Å². The van der Waals surface area contributed by atoms with Gasteiger partial charge in [0.25, 0.3) is 0 Å². The number of rotatable bonds is 2. The molecular weight excluding hydrogens is 230 g/mol. The molecule has 0 aromatic carbocycles. The standard InChI is InChI=1S/C14H23NO3/c16-13(11-7-6-8-12(11)14(17)18)15-9-4-2-1-3-5-10-15/h11-12H,1-10H2,(H,17,18)/t11-,12+/m1/s1. The van der Waals surface area contributed by atoms with Crippen molar-refractivity contribution in [3.63, 3.8) is 0 Å². The lowest BCUT2D eigenvalue weighted by Gasteiger charge is -2.28. The zero-order chi connectivity index (χ0) is 13.0. The average molecular weight is 253 g/mol. The van der Waals surface area contributed by atoms with Crippen LogP contribution in [-0.4, -0.2) is 35.0 Å². The quantitative estimate of drug-likeness (QED) is 0.821. The summed E-state index contributed by atoms with van der Waals surface area (Å²) in [6.45, 7) is 1.64. The van der Waals surface area contributed by atoms with E-state index in [0.29, 0.717) is 6.42 Å². The largest absolute Gasteiger partial charge is 0.481 e. The van der Waals surface area contributed by atoms with E-state index in [-0.39, 0.29) is 11.8 Å². The first kappa shape index (κ1) is 13.4. The van der Waals surface area contributed by atoms with Gasteiger partial charge in [0.15, 0.2) is 0 Å². The summed E-state index contributed by atoms with van der Waals surface area (Å²) in [6.07, 6.45) is 8.08. The molecule has 0 radical (unpaired) electrons. The van der Waals surface area contributed by atoms with Gasteiger partial charge in [0, 0.05) is 13.1 Å². The number of carboxylic acids is 1. The van der Waals surface area contributed by atoms with Crippen molar-refractivity contribution in [2.24, 2.45) is 11.8 Å². The summed E-state index contributed by atoms with van der Waals surface area (Å²) in [5, 5.41) is 9.16. The lowest BCUT2D eigenvalue weighted by atomic mass is 9.94. The van der Waals surface area contributed by atoms with E-state index in [9.17, 15) is 9.59 Å². The Morgan fingerprint density at radius 1 is 0.833 bits per heavy atom. The highest BCUT2D eigenvalue weighted by atomic mass is 16.4. The minimum absolute atomic E-state index is 0.0989. The molecule has 1 N–H and O–H groups in total. The molecule has 0 aromatic heterocycles. The van der Waals surface area contributed by atoms with E-state index in [1.807, 2.05) is 4.90 Å². The molecule has 0 aromatic rings. The minimum Gasteiger partial charge on any atom is -0.481 e. The fraction of sp³-hybridized carbons (Fsp3) is 0.857. The lowest BCUT2D eigenvalue weighted by Crippen LogP contribution is -2.40. The van der Waals surface area contributed by atoms with Crippen molar-refractivity contribution < 1.29 is 14.7 Å². The van der Waals surface area contributed by atoms with E-state index in [4.69, 9.17) is 5.11 Å². The number of amides is 1. The normalized spacial score (nSPS) is 29.7. The van der Waals surface area contributed by atoms with Gasteiger partial charge in [-0.3, -0.25) is 9.59 Å². The molecule has 2 atom stereocenters. The molecule has 2 aliphatic rings. The highest BCUT2D eigenvalue weighted by molar-refractivity contribution is 5.85. The molecule has 1 heterocycles. The third-order valence-electron chi connectivity index (χ3n) is 4.32. The monoisotopic (exact) mass is 253 g/mol. The van der Waals surface area contributed by atoms with E-state index in [2.05, 4.69) is 0 Å². The fourth-order valence-electron chi connectivity index (χ4n) is 3.25. The second-order valence-corrected chi connectivity index (χ2v) is 5.58. The van der Waals surface area contributed by atoms with Crippen LogP contribution in [0.4, 0.5) is 0 Å². The van der Waals surface area contributed by atoms with Gasteiger partial charge in [0.2, 0.25) is 5.91 Å². The van der Waals surface area contributed by atoms with Crippen molar-refractivity contribution in [3.05, 3.63) is 0 Å². The number of hydrogen-bond donors (Lipinski definition) is 1. The molecule has 1 aliphatic heterocycles. The maximum atomic E-state index is 12.4. The predicted molar refractivity (Wildman–Crippen MR) is 68.1 cm³/mol. The van der Waals surface area contributed by atoms with Crippen LogP contribution in [0.15, 0.2) is 0 Å². The number of nitrogens with zero attached hydrogens (tertiary/aromatic N) is 1. The molecule has 1 aliphatic carbocycles. The summed E-state index contributed by atoms with van der Waals surface area (Å²) in [5.41, 5.74) is 0. The van der Waals surface area contributed by atoms with E-state index in [1.165, 1.54) is 19.3 Å². The number of carbonyl (C=O) groups excluding carboxylic acids is 1. The molecule has 1 amide bonds. The summed E-state index contributed by atoms with van der Waals surface area (Å²) < 4.78 is 0. The molecule has 0 bridgehead atoms. The van der Waals surface area contributed by atoms with Gasteiger partial charge in [0.05, 0.1) is 11.8 Å². The fourth-order valence-corrected chi connectivity index (χ4v) is 3.25. The molecule has 0 unspecified atom stereocenters. The Morgan fingerprint density at radius 2 is 1.39 bits per heavy atom. The number of carbonyl (C=O) groups is 2. The first-order valence-corrected chi connectivity index (χ1v) is 7.22. The number of carboxylic acid groups (broad SMARTS) is 1. The van der Waals surface area contributed by atoms with Crippen LogP contribution in [0.2, 0.25) is 0 Å². The van der Waals surface area contributed by atoms with Crippen molar-refractivity contribution in [1.82, 2.24) is 4.90 Å². The van der Waals surface area contributed by atoms with Crippen molar-refractivity contribution in [3.8, 4) is 0 Å². The first-order valence-electron chi connectivity index (χ1n) is 7.22. The van der Waals surface area contributed by atoms with Gasteiger partial charge in [-0.1, -0.05) is 25.7 Å². The van der Waals surface area contributed by atoms with Crippen LogP contribution in [0, 0.1) is 11.8 Å². The smallest absolute Gasteiger partial charge is 0.307 e. The van der Waals surface area contributed by atoms with Gasteiger partial charge in [-0.15, -0.1) is 0 Å². The van der Waals surface area contributed by atoms with Crippen LogP contribution in [0.3, 0.4) is 0 Å². The zero-order valence-corrected chi connectivity index (χ0v) is 10.9. The van der Waals surface area contributed by atoms with Gasteiger partial charge in [-0.2, -0.15) is 0 Å². The zero-order valence-electron chi connectivity index (χ0n) is 10.9. The highest BCUT2D eigenvalue weighted by Gasteiger charge is 2.39. The molecule has 2 fully saturated rings. The SMILES string of the molecule is O=C(O)[C@H]1CCC[C@H]1C(=O)N1CCCCCCC1. The summed E-state index contributed by atoms with van der Waals surface area (Å²) in [7, 11) is 0. The maximum Gasteiger partial charge on any atom is 0.307 e. The molecular formula is C14H23NO3. The minimum atomic E-state index is -0.794. The predicted octanol–water partition coefficient (Wildman–Crippen LogP) is 2.28. The first-order chi connectivity index (χ1) is 8.70. The van der Waals surface area contributed by atoms with Crippen LogP contribution < -0.4 is 0 Å². The Kier molecular flexibility index (Phi) is 4.61. The van der Waals surface area contributed by atoms with E-state index >= 15 is 0 Å². The van der Waals surface area contributed by atoms with Crippen molar-refractivity contribution in [1.29, 1.82) is 0 Å². The van der Waals surface area contributed by atoms with Crippen LogP contribution in [0.1, 0.15) is 51.4 Å². The molecule has 4 heteroatoms. The Bertz CT molecular complexity index is 308. The second-order valence-electron chi connectivity index (χ2n) is 5.58. The van der Waals surface area contributed by atoms with Gasteiger partial charge in [-0.05, 0) is 25.7 Å². The van der Waals surface area contributed by atoms with Crippen LogP contribution in [0.5, 0.6) is 0 Å². The topological polar surface area (TPSA) is 57.6 Å². The summed E-state index contributed by atoms with van der Waals surface area (Å²) in [4.78, 5) is 25.5. The third kappa shape index (κ3) is 3.03. The molecule has 2 rings (SSSR count). The summed E-state index contributed by atoms with van der Waals surface area (Å²) in [5.74, 6) is -1.40. The Balaban J connectivity index is 1.98. The number of aliphatic carboxylic acids is 1. The van der Waals surface area contributed by atoms with Crippen molar-refractivity contribution in [2.75, 3.05) is 13.1 Å². The van der Waals surface area contributed by atoms with Gasteiger partial charge in [0.1, 0.15) is 0 Å². The van der Waals surface area contributed by atoms with E-state index < -0.39 is 11.9 Å².